The molecule has 0 radical (unpaired) electrons. The lowest BCUT2D eigenvalue weighted by Gasteiger charge is -2.14. The van der Waals surface area contributed by atoms with E-state index < -0.39 is 0 Å². The van der Waals surface area contributed by atoms with Crippen LogP contribution in [0.4, 0.5) is 0 Å². The molecule has 0 bridgehead atoms. The molecule has 19 heavy (non-hydrogen) atoms. The molecule has 106 valence electrons. The normalized spacial score (nSPS) is 18.9. The van der Waals surface area contributed by atoms with Gasteiger partial charge in [-0.15, -0.1) is 11.8 Å². The zero-order chi connectivity index (χ0) is 13.5. The zero-order valence-electron chi connectivity index (χ0n) is 11.5. The van der Waals surface area contributed by atoms with E-state index in [1.807, 2.05) is 23.9 Å². The van der Waals surface area contributed by atoms with Gasteiger partial charge in [0.25, 0.3) is 0 Å². The minimum Gasteiger partial charge on any atom is -0.377 e. The van der Waals surface area contributed by atoms with Crippen LogP contribution in [-0.4, -0.2) is 25.0 Å². The number of thioether (sulfide) groups is 1. The summed E-state index contributed by atoms with van der Waals surface area (Å²) in [5.41, 5.74) is 1.22. The van der Waals surface area contributed by atoms with Gasteiger partial charge in [0.2, 0.25) is 0 Å². The highest BCUT2D eigenvalue weighted by atomic mass is 35.5. The summed E-state index contributed by atoms with van der Waals surface area (Å²) in [5, 5.41) is 4.29. The van der Waals surface area contributed by atoms with Crippen molar-refractivity contribution in [3.05, 3.63) is 28.8 Å². The number of hydrogen-bond acceptors (Lipinski definition) is 3. The Balaban J connectivity index is 1.95. The van der Waals surface area contributed by atoms with Gasteiger partial charge in [-0.05, 0) is 43.5 Å². The highest BCUT2D eigenvalue weighted by Crippen LogP contribution is 2.30. The molecule has 4 heteroatoms. The van der Waals surface area contributed by atoms with Gasteiger partial charge in [0.15, 0.2) is 0 Å². The van der Waals surface area contributed by atoms with Crippen LogP contribution in [0.15, 0.2) is 23.1 Å². The van der Waals surface area contributed by atoms with Crippen LogP contribution in [0.3, 0.4) is 0 Å². The van der Waals surface area contributed by atoms with Crippen molar-refractivity contribution in [3.63, 3.8) is 0 Å². The molecule has 0 saturated carbocycles. The van der Waals surface area contributed by atoms with Crippen LogP contribution in [0.5, 0.6) is 0 Å². The molecule has 1 saturated heterocycles. The van der Waals surface area contributed by atoms with Crippen LogP contribution in [0.25, 0.3) is 0 Å². The van der Waals surface area contributed by atoms with Crippen molar-refractivity contribution in [2.24, 2.45) is 0 Å². The van der Waals surface area contributed by atoms with Crippen molar-refractivity contribution < 1.29 is 4.74 Å². The van der Waals surface area contributed by atoms with Crippen molar-refractivity contribution in [1.82, 2.24) is 5.32 Å². The topological polar surface area (TPSA) is 21.3 Å². The number of ether oxygens (including phenoxy) is 1. The van der Waals surface area contributed by atoms with E-state index in [0.717, 1.165) is 36.9 Å². The summed E-state index contributed by atoms with van der Waals surface area (Å²) in [6, 6.07) is 6.17. The van der Waals surface area contributed by atoms with E-state index in [2.05, 4.69) is 18.3 Å². The van der Waals surface area contributed by atoms with Gasteiger partial charge < -0.3 is 10.1 Å². The summed E-state index contributed by atoms with van der Waals surface area (Å²) in [5.74, 6) is 1.03. The SMILES string of the molecule is CCCNCc1c(Cl)cccc1SCC1CCCO1. The number of hydrogen-bond donors (Lipinski definition) is 1. The fraction of sp³-hybridized carbons (Fsp3) is 0.600. The van der Waals surface area contributed by atoms with Crippen LogP contribution >= 0.6 is 23.4 Å². The maximum Gasteiger partial charge on any atom is 0.0669 e. The molecule has 0 amide bonds. The number of rotatable bonds is 7. The van der Waals surface area contributed by atoms with Crippen LogP contribution in [0.1, 0.15) is 31.7 Å². The second-order valence-electron chi connectivity index (χ2n) is 4.84. The first kappa shape index (κ1) is 15.2. The predicted octanol–water partition coefficient (Wildman–Crippen LogP) is 4.11. The van der Waals surface area contributed by atoms with Gasteiger partial charge in [-0.1, -0.05) is 24.6 Å². The fourth-order valence-electron chi connectivity index (χ4n) is 2.19. The molecule has 1 atom stereocenters. The quantitative estimate of drug-likeness (QED) is 0.605. The van der Waals surface area contributed by atoms with Gasteiger partial charge in [0, 0.05) is 28.8 Å². The summed E-state index contributed by atoms with van der Waals surface area (Å²) in [7, 11) is 0. The van der Waals surface area contributed by atoms with Crippen LogP contribution in [0.2, 0.25) is 5.02 Å². The van der Waals surface area contributed by atoms with Gasteiger partial charge in [-0.2, -0.15) is 0 Å². The summed E-state index contributed by atoms with van der Waals surface area (Å²) >= 11 is 8.19. The van der Waals surface area contributed by atoms with Crippen molar-refractivity contribution in [2.45, 2.75) is 43.7 Å². The average molecular weight is 300 g/mol. The molecule has 1 N–H and O–H groups in total. The molecule has 1 aromatic rings. The van der Waals surface area contributed by atoms with Gasteiger partial charge in [-0.3, -0.25) is 0 Å². The molecule has 2 rings (SSSR count). The van der Waals surface area contributed by atoms with E-state index in [-0.39, 0.29) is 0 Å². The van der Waals surface area contributed by atoms with Crippen molar-refractivity contribution >= 4 is 23.4 Å². The first-order valence-corrected chi connectivity index (χ1v) is 8.40. The first-order chi connectivity index (χ1) is 9.31. The van der Waals surface area contributed by atoms with Gasteiger partial charge >= 0.3 is 0 Å². The first-order valence-electron chi connectivity index (χ1n) is 7.03. The third-order valence-electron chi connectivity index (χ3n) is 3.25. The molecule has 1 aromatic carbocycles. The second-order valence-corrected chi connectivity index (χ2v) is 6.31. The molecular formula is C15H22ClNOS. The Morgan fingerprint density at radius 3 is 3.11 bits per heavy atom. The lowest BCUT2D eigenvalue weighted by atomic mass is 10.2. The Kier molecular flexibility index (Phi) is 6.51. The molecule has 2 nitrogen and oxygen atoms in total. The molecule has 0 aliphatic carbocycles. The number of halogens is 1. The highest BCUT2D eigenvalue weighted by Gasteiger charge is 2.16. The second kappa shape index (κ2) is 8.15. The Morgan fingerprint density at radius 2 is 2.37 bits per heavy atom. The van der Waals surface area contributed by atoms with E-state index in [1.165, 1.54) is 23.3 Å². The Bertz CT molecular complexity index is 394. The fourth-order valence-corrected chi connectivity index (χ4v) is 3.65. The monoisotopic (exact) mass is 299 g/mol. The van der Waals surface area contributed by atoms with E-state index in [1.54, 1.807) is 0 Å². The standard InChI is InChI=1S/C15H22ClNOS/c1-2-8-17-10-13-14(16)6-3-7-15(13)19-11-12-5-4-9-18-12/h3,6-7,12,17H,2,4-5,8-11H2,1H3. The van der Waals surface area contributed by atoms with Crippen molar-refractivity contribution in [2.75, 3.05) is 18.9 Å². The Hall–Kier alpha value is -0.220. The van der Waals surface area contributed by atoms with Crippen molar-refractivity contribution in [3.8, 4) is 0 Å². The molecule has 1 aliphatic heterocycles. The molecule has 1 unspecified atom stereocenters. The summed E-state index contributed by atoms with van der Waals surface area (Å²) in [6.07, 6.45) is 3.95. The largest absolute Gasteiger partial charge is 0.377 e. The maximum absolute atomic E-state index is 6.32. The lowest BCUT2D eigenvalue weighted by Crippen LogP contribution is -2.15. The smallest absolute Gasteiger partial charge is 0.0669 e. The third kappa shape index (κ3) is 4.67. The Morgan fingerprint density at radius 1 is 1.47 bits per heavy atom. The molecule has 1 aliphatic rings. The summed E-state index contributed by atoms with van der Waals surface area (Å²) in [6.45, 7) is 4.97. The van der Waals surface area contributed by atoms with Crippen LogP contribution < -0.4 is 5.32 Å². The predicted molar refractivity (Wildman–Crippen MR) is 83.1 cm³/mol. The van der Waals surface area contributed by atoms with E-state index in [9.17, 15) is 0 Å². The Labute approximate surface area is 125 Å². The maximum atomic E-state index is 6.32. The molecule has 1 heterocycles. The molecule has 0 spiro atoms. The van der Waals surface area contributed by atoms with Gasteiger partial charge in [-0.25, -0.2) is 0 Å². The zero-order valence-corrected chi connectivity index (χ0v) is 13.0. The van der Waals surface area contributed by atoms with E-state index in [0.29, 0.717) is 6.10 Å². The van der Waals surface area contributed by atoms with E-state index >= 15 is 0 Å². The molecule has 1 fully saturated rings. The number of benzene rings is 1. The minimum absolute atomic E-state index is 0.417. The minimum atomic E-state index is 0.417. The summed E-state index contributed by atoms with van der Waals surface area (Å²) in [4.78, 5) is 1.28. The lowest BCUT2D eigenvalue weighted by molar-refractivity contribution is 0.129. The van der Waals surface area contributed by atoms with Gasteiger partial charge in [0.1, 0.15) is 0 Å². The van der Waals surface area contributed by atoms with Crippen molar-refractivity contribution in [1.29, 1.82) is 0 Å². The van der Waals surface area contributed by atoms with Crippen LogP contribution in [0, 0.1) is 0 Å². The molecule has 0 aromatic heterocycles. The summed E-state index contributed by atoms with van der Waals surface area (Å²) < 4.78 is 5.67. The average Bonchev–Trinajstić information content (AvgIpc) is 2.92. The van der Waals surface area contributed by atoms with E-state index in [4.69, 9.17) is 16.3 Å². The molecular weight excluding hydrogens is 278 g/mol. The number of nitrogens with one attached hydrogen (secondary N) is 1. The third-order valence-corrected chi connectivity index (χ3v) is 4.84. The highest BCUT2D eigenvalue weighted by molar-refractivity contribution is 7.99. The van der Waals surface area contributed by atoms with Gasteiger partial charge in [0.05, 0.1) is 6.10 Å². The van der Waals surface area contributed by atoms with Crippen LogP contribution in [-0.2, 0) is 11.3 Å².